The fourth-order valence-corrected chi connectivity index (χ4v) is 2.28. The minimum absolute atomic E-state index is 0.179. The van der Waals surface area contributed by atoms with Gasteiger partial charge in [0.25, 0.3) is 0 Å². The first-order chi connectivity index (χ1) is 7.79. The molecule has 0 atom stereocenters. The van der Waals surface area contributed by atoms with Crippen molar-refractivity contribution in [2.45, 2.75) is 51.4 Å². The summed E-state index contributed by atoms with van der Waals surface area (Å²) in [5, 5.41) is 12.8. The van der Waals surface area contributed by atoms with E-state index in [0.29, 0.717) is 24.7 Å². The first kappa shape index (κ1) is 11.6. The lowest BCUT2D eigenvalue weighted by Gasteiger charge is -2.23. The lowest BCUT2D eigenvalue weighted by atomic mass is 9.83. The average Bonchev–Trinajstić information content (AvgIpc) is 2.76. The fourth-order valence-electron chi connectivity index (χ4n) is 2.28. The van der Waals surface area contributed by atoms with Gasteiger partial charge in [-0.3, -0.25) is 0 Å². The zero-order valence-corrected chi connectivity index (χ0v) is 9.85. The van der Waals surface area contributed by atoms with Crippen molar-refractivity contribution in [2.24, 2.45) is 5.92 Å². The van der Waals surface area contributed by atoms with E-state index in [1.54, 1.807) is 0 Å². The smallest absolute Gasteiger partial charge is 0.226 e. The second-order valence-corrected chi connectivity index (χ2v) is 4.83. The van der Waals surface area contributed by atoms with Gasteiger partial charge in [0.05, 0.1) is 0 Å². The number of rotatable bonds is 4. The predicted octanol–water partition coefficient (Wildman–Crippen LogP) is 2.29. The predicted molar refractivity (Wildman–Crippen MR) is 60.1 cm³/mol. The van der Waals surface area contributed by atoms with E-state index in [9.17, 15) is 0 Å². The summed E-state index contributed by atoms with van der Waals surface area (Å²) in [6, 6.07) is 0. The summed E-state index contributed by atoms with van der Waals surface area (Å²) >= 11 is 0. The molecule has 0 aliphatic heterocycles. The number of aryl methyl sites for hydroxylation is 1. The number of aliphatic hydroxyl groups excluding tert-OH is 1. The summed E-state index contributed by atoms with van der Waals surface area (Å²) in [5.74, 6) is 2.88. The molecule has 0 unspecified atom stereocenters. The third-order valence-electron chi connectivity index (χ3n) is 3.41. The highest BCUT2D eigenvalue weighted by Crippen LogP contribution is 2.33. The van der Waals surface area contributed by atoms with Crippen LogP contribution in [0.2, 0.25) is 0 Å². The van der Waals surface area contributed by atoms with Crippen molar-refractivity contribution in [3.05, 3.63) is 11.7 Å². The Balaban J connectivity index is 1.91. The van der Waals surface area contributed by atoms with Crippen LogP contribution in [0.5, 0.6) is 0 Å². The Morgan fingerprint density at radius 1 is 1.31 bits per heavy atom. The van der Waals surface area contributed by atoms with E-state index in [4.69, 9.17) is 9.63 Å². The molecule has 4 heteroatoms. The molecule has 1 fully saturated rings. The molecular formula is C12H20N2O2. The first-order valence-electron chi connectivity index (χ1n) is 6.23. The summed E-state index contributed by atoms with van der Waals surface area (Å²) in [7, 11) is 0. The normalized spacial score (nSPS) is 25.9. The summed E-state index contributed by atoms with van der Waals surface area (Å²) in [4.78, 5) is 4.41. The van der Waals surface area contributed by atoms with Crippen molar-refractivity contribution < 1.29 is 9.63 Å². The maximum atomic E-state index is 8.72. The molecule has 1 aromatic rings. The molecule has 0 radical (unpaired) electrons. The third-order valence-corrected chi connectivity index (χ3v) is 3.41. The topological polar surface area (TPSA) is 59.2 Å². The van der Waals surface area contributed by atoms with Gasteiger partial charge >= 0.3 is 0 Å². The van der Waals surface area contributed by atoms with Gasteiger partial charge in [-0.1, -0.05) is 24.9 Å². The van der Waals surface area contributed by atoms with Gasteiger partial charge in [0.1, 0.15) is 0 Å². The largest absolute Gasteiger partial charge is 0.396 e. The Hall–Kier alpha value is -0.900. The van der Waals surface area contributed by atoms with Crippen molar-refractivity contribution >= 4 is 0 Å². The van der Waals surface area contributed by atoms with Crippen LogP contribution in [0, 0.1) is 5.92 Å². The zero-order chi connectivity index (χ0) is 11.4. The molecule has 1 aromatic heterocycles. The Bertz CT molecular complexity index is 317. The van der Waals surface area contributed by atoms with E-state index >= 15 is 0 Å². The highest BCUT2D eigenvalue weighted by atomic mass is 16.5. The van der Waals surface area contributed by atoms with Crippen LogP contribution in [0.1, 0.15) is 56.7 Å². The quantitative estimate of drug-likeness (QED) is 0.852. The number of hydrogen-bond donors (Lipinski definition) is 1. The molecule has 0 amide bonds. The molecule has 0 aromatic carbocycles. The Morgan fingerprint density at radius 3 is 2.75 bits per heavy atom. The van der Waals surface area contributed by atoms with Crippen LogP contribution in [0.3, 0.4) is 0 Å². The van der Waals surface area contributed by atoms with Crippen LogP contribution in [0.25, 0.3) is 0 Å². The summed E-state index contributed by atoms with van der Waals surface area (Å²) in [5.41, 5.74) is 0. The van der Waals surface area contributed by atoms with Crippen molar-refractivity contribution in [1.82, 2.24) is 10.1 Å². The molecule has 1 heterocycles. The van der Waals surface area contributed by atoms with Crippen molar-refractivity contribution in [2.75, 3.05) is 6.61 Å². The van der Waals surface area contributed by atoms with Gasteiger partial charge in [0.2, 0.25) is 5.89 Å². The van der Waals surface area contributed by atoms with Gasteiger partial charge in [0.15, 0.2) is 5.82 Å². The second-order valence-electron chi connectivity index (χ2n) is 4.83. The van der Waals surface area contributed by atoms with Crippen LogP contribution < -0.4 is 0 Å². The molecule has 1 N–H and O–H groups in total. The van der Waals surface area contributed by atoms with Gasteiger partial charge in [-0.05, 0) is 25.2 Å². The molecule has 0 saturated heterocycles. The number of aliphatic hydroxyl groups is 1. The van der Waals surface area contributed by atoms with E-state index < -0.39 is 0 Å². The van der Waals surface area contributed by atoms with Crippen LogP contribution in [0.15, 0.2) is 4.52 Å². The Morgan fingerprint density at radius 2 is 2.06 bits per heavy atom. The standard InChI is InChI=1S/C12H20N2O2/c1-9-4-6-10(7-5-9)12-13-11(16-14-12)3-2-8-15/h9-10,15H,2-8H2,1H3. The molecule has 90 valence electrons. The molecule has 0 spiro atoms. The van der Waals surface area contributed by atoms with Gasteiger partial charge in [-0.2, -0.15) is 4.98 Å². The maximum Gasteiger partial charge on any atom is 0.226 e. The van der Waals surface area contributed by atoms with E-state index in [0.717, 1.165) is 11.7 Å². The van der Waals surface area contributed by atoms with Crippen molar-refractivity contribution in [1.29, 1.82) is 0 Å². The molecule has 4 nitrogen and oxygen atoms in total. The fraction of sp³-hybridized carbons (Fsp3) is 0.833. The molecule has 1 saturated carbocycles. The molecule has 1 aliphatic rings. The van der Waals surface area contributed by atoms with E-state index in [2.05, 4.69) is 17.1 Å². The number of aromatic nitrogens is 2. The zero-order valence-electron chi connectivity index (χ0n) is 9.85. The monoisotopic (exact) mass is 224 g/mol. The number of nitrogens with zero attached hydrogens (tertiary/aromatic N) is 2. The Labute approximate surface area is 96.1 Å². The van der Waals surface area contributed by atoms with Crippen molar-refractivity contribution in [3.8, 4) is 0 Å². The van der Waals surface area contributed by atoms with Crippen LogP contribution in [-0.4, -0.2) is 21.9 Å². The van der Waals surface area contributed by atoms with Crippen molar-refractivity contribution in [3.63, 3.8) is 0 Å². The van der Waals surface area contributed by atoms with Crippen LogP contribution >= 0.6 is 0 Å². The minimum Gasteiger partial charge on any atom is -0.396 e. The molecule has 2 rings (SSSR count). The van der Waals surface area contributed by atoms with E-state index in [1.165, 1.54) is 25.7 Å². The highest BCUT2D eigenvalue weighted by molar-refractivity contribution is 4.97. The van der Waals surface area contributed by atoms with Gasteiger partial charge in [0, 0.05) is 18.9 Å². The van der Waals surface area contributed by atoms with E-state index in [-0.39, 0.29) is 6.61 Å². The third kappa shape index (κ3) is 2.82. The van der Waals surface area contributed by atoms with Gasteiger partial charge < -0.3 is 9.63 Å². The van der Waals surface area contributed by atoms with Gasteiger partial charge in [-0.15, -0.1) is 0 Å². The lowest BCUT2D eigenvalue weighted by molar-refractivity contribution is 0.277. The second kappa shape index (κ2) is 5.43. The highest BCUT2D eigenvalue weighted by Gasteiger charge is 2.23. The molecule has 0 bridgehead atoms. The van der Waals surface area contributed by atoms with Crippen LogP contribution in [0.4, 0.5) is 0 Å². The average molecular weight is 224 g/mol. The van der Waals surface area contributed by atoms with E-state index in [1.807, 2.05) is 0 Å². The number of hydrogen-bond acceptors (Lipinski definition) is 4. The minimum atomic E-state index is 0.179. The lowest BCUT2D eigenvalue weighted by Crippen LogP contribution is -2.12. The molecular weight excluding hydrogens is 204 g/mol. The summed E-state index contributed by atoms with van der Waals surface area (Å²) < 4.78 is 5.17. The SMILES string of the molecule is CC1CCC(c2noc(CCCO)n2)CC1. The molecule has 1 aliphatic carbocycles. The Kier molecular flexibility index (Phi) is 3.93. The molecule has 16 heavy (non-hydrogen) atoms. The van der Waals surface area contributed by atoms with Gasteiger partial charge in [-0.25, -0.2) is 0 Å². The van der Waals surface area contributed by atoms with Crippen LogP contribution in [-0.2, 0) is 6.42 Å². The summed E-state index contributed by atoms with van der Waals surface area (Å²) in [6.07, 6.45) is 6.28. The maximum absolute atomic E-state index is 8.72. The summed E-state index contributed by atoms with van der Waals surface area (Å²) in [6.45, 7) is 2.48. The first-order valence-corrected chi connectivity index (χ1v) is 6.23.